The highest BCUT2D eigenvalue weighted by Gasteiger charge is 2.36. The standard InChI is InChI=1S/C15H24N2O4/c1-2-13(18)16-12-5-7-17(8-6-12)14(19)10-3-4-11(9-10)15(20)21/h10-12H,2-9H2,1H3,(H,16,18)(H,20,21)/t10-,11+/m1/s1. The van der Waals surface area contributed by atoms with Crippen LogP contribution in [-0.4, -0.2) is 46.9 Å². The quantitative estimate of drug-likeness (QED) is 0.810. The van der Waals surface area contributed by atoms with Crippen molar-refractivity contribution in [1.82, 2.24) is 10.2 Å². The van der Waals surface area contributed by atoms with Crippen LogP contribution in [-0.2, 0) is 14.4 Å². The molecular weight excluding hydrogens is 272 g/mol. The van der Waals surface area contributed by atoms with Crippen molar-refractivity contribution in [1.29, 1.82) is 0 Å². The molecule has 0 aromatic rings. The van der Waals surface area contributed by atoms with Crippen LogP contribution in [0.25, 0.3) is 0 Å². The van der Waals surface area contributed by atoms with E-state index in [2.05, 4.69) is 5.32 Å². The maximum atomic E-state index is 12.4. The average molecular weight is 296 g/mol. The first kappa shape index (κ1) is 15.8. The summed E-state index contributed by atoms with van der Waals surface area (Å²) in [4.78, 5) is 36.5. The summed E-state index contributed by atoms with van der Waals surface area (Å²) in [7, 11) is 0. The molecule has 2 atom stereocenters. The van der Waals surface area contributed by atoms with Crippen molar-refractivity contribution in [2.24, 2.45) is 11.8 Å². The fourth-order valence-corrected chi connectivity index (χ4v) is 3.26. The second-order valence-corrected chi connectivity index (χ2v) is 6.07. The lowest BCUT2D eigenvalue weighted by atomic mass is 10.00. The molecule has 0 unspecified atom stereocenters. The van der Waals surface area contributed by atoms with Gasteiger partial charge in [0.25, 0.3) is 0 Å². The molecule has 2 aliphatic rings. The van der Waals surface area contributed by atoms with Crippen LogP contribution in [0.4, 0.5) is 0 Å². The normalized spacial score (nSPS) is 26.6. The fraction of sp³-hybridized carbons (Fsp3) is 0.800. The molecule has 2 fully saturated rings. The first-order valence-corrected chi connectivity index (χ1v) is 7.82. The Kier molecular flexibility index (Phi) is 5.20. The van der Waals surface area contributed by atoms with Crippen LogP contribution >= 0.6 is 0 Å². The number of carbonyl (C=O) groups is 3. The lowest BCUT2D eigenvalue weighted by molar-refractivity contribution is -0.141. The molecule has 0 aromatic carbocycles. The second kappa shape index (κ2) is 6.91. The molecule has 0 bridgehead atoms. The van der Waals surface area contributed by atoms with Crippen LogP contribution in [0.15, 0.2) is 0 Å². The molecule has 21 heavy (non-hydrogen) atoms. The molecule has 0 spiro atoms. The van der Waals surface area contributed by atoms with E-state index in [0.717, 1.165) is 12.8 Å². The van der Waals surface area contributed by atoms with Crippen molar-refractivity contribution in [3.8, 4) is 0 Å². The van der Waals surface area contributed by atoms with Gasteiger partial charge >= 0.3 is 5.97 Å². The summed E-state index contributed by atoms with van der Waals surface area (Å²) in [6, 6.07) is 0.164. The molecule has 118 valence electrons. The van der Waals surface area contributed by atoms with Gasteiger partial charge in [-0.15, -0.1) is 0 Å². The Labute approximate surface area is 124 Å². The molecule has 1 saturated carbocycles. The summed E-state index contributed by atoms with van der Waals surface area (Å²) in [6.45, 7) is 3.14. The lowest BCUT2D eigenvalue weighted by Gasteiger charge is -2.34. The van der Waals surface area contributed by atoms with E-state index in [9.17, 15) is 14.4 Å². The lowest BCUT2D eigenvalue weighted by Crippen LogP contribution is -2.47. The summed E-state index contributed by atoms with van der Waals surface area (Å²) in [5.41, 5.74) is 0. The van der Waals surface area contributed by atoms with E-state index in [1.54, 1.807) is 0 Å². The third-order valence-corrected chi connectivity index (χ3v) is 4.62. The van der Waals surface area contributed by atoms with Crippen LogP contribution in [0, 0.1) is 11.8 Å². The molecule has 0 aromatic heterocycles. The minimum Gasteiger partial charge on any atom is -0.481 e. The molecule has 1 heterocycles. The van der Waals surface area contributed by atoms with E-state index >= 15 is 0 Å². The minimum absolute atomic E-state index is 0.0554. The smallest absolute Gasteiger partial charge is 0.306 e. The Balaban J connectivity index is 1.78. The third-order valence-electron chi connectivity index (χ3n) is 4.62. The largest absolute Gasteiger partial charge is 0.481 e. The fourth-order valence-electron chi connectivity index (χ4n) is 3.26. The number of piperidine rings is 1. The number of likely N-dealkylation sites (tertiary alicyclic amines) is 1. The highest BCUT2D eigenvalue weighted by Crippen LogP contribution is 2.32. The van der Waals surface area contributed by atoms with Gasteiger partial charge in [-0.1, -0.05) is 6.92 Å². The zero-order valence-corrected chi connectivity index (χ0v) is 12.5. The Morgan fingerprint density at radius 3 is 2.24 bits per heavy atom. The molecule has 1 aliphatic heterocycles. The van der Waals surface area contributed by atoms with Gasteiger partial charge in [0, 0.05) is 31.5 Å². The number of carbonyl (C=O) groups excluding carboxylic acids is 2. The summed E-state index contributed by atoms with van der Waals surface area (Å²) >= 11 is 0. The summed E-state index contributed by atoms with van der Waals surface area (Å²) < 4.78 is 0. The number of carboxylic acid groups (broad SMARTS) is 1. The number of hydrogen-bond acceptors (Lipinski definition) is 3. The number of aliphatic carboxylic acids is 1. The van der Waals surface area contributed by atoms with E-state index in [0.29, 0.717) is 38.8 Å². The topological polar surface area (TPSA) is 86.7 Å². The SMILES string of the molecule is CCC(=O)NC1CCN(C(=O)[C@@H]2CC[C@H](C(=O)O)C2)CC1. The highest BCUT2D eigenvalue weighted by molar-refractivity contribution is 5.81. The maximum Gasteiger partial charge on any atom is 0.306 e. The number of nitrogens with zero attached hydrogens (tertiary/aromatic N) is 1. The van der Waals surface area contributed by atoms with Gasteiger partial charge in [-0.2, -0.15) is 0 Å². The Morgan fingerprint density at radius 2 is 1.71 bits per heavy atom. The number of nitrogens with one attached hydrogen (secondary N) is 1. The summed E-state index contributed by atoms with van der Waals surface area (Å²) in [5.74, 6) is -1.13. The number of amides is 2. The Morgan fingerprint density at radius 1 is 1.10 bits per heavy atom. The first-order chi connectivity index (χ1) is 10.0. The predicted molar refractivity (Wildman–Crippen MR) is 76.5 cm³/mol. The zero-order chi connectivity index (χ0) is 15.4. The van der Waals surface area contributed by atoms with Gasteiger partial charge in [0.15, 0.2) is 0 Å². The van der Waals surface area contributed by atoms with Gasteiger partial charge < -0.3 is 15.3 Å². The van der Waals surface area contributed by atoms with Crippen molar-refractivity contribution in [2.75, 3.05) is 13.1 Å². The van der Waals surface area contributed by atoms with Crippen molar-refractivity contribution in [2.45, 2.75) is 51.5 Å². The van der Waals surface area contributed by atoms with Gasteiger partial charge in [0.05, 0.1) is 5.92 Å². The summed E-state index contributed by atoms with van der Waals surface area (Å²) in [6.07, 6.45) is 3.81. The van der Waals surface area contributed by atoms with Gasteiger partial charge in [0.2, 0.25) is 11.8 Å². The highest BCUT2D eigenvalue weighted by atomic mass is 16.4. The van der Waals surface area contributed by atoms with E-state index in [4.69, 9.17) is 5.11 Å². The van der Waals surface area contributed by atoms with Crippen LogP contribution < -0.4 is 5.32 Å². The zero-order valence-electron chi connectivity index (χ0n) is 12.5. The number of hydrogen-bond donors (Lipinski definition) is 2. The number of carboxylic acids is 1. The van der Waals surface area contributed by atoms with Crippen molar-refractivity contribution in [3.63, 3.8) is 0 Å². The van der Waals surface area contributed by atoms with Gasteiger partial charge in [0.1, 0.15) is 0 Å². The molecule has 0 radical (unpaired) electrons. The van der Waals surface area contributed by atoms with Crippen molar-refractivity contribution >= 4 is 17.8 Å². The Hall–Kier alpha value is -1.59. The molecule has 1 aliphatic carbocycles. The molecule has 2 N–H and O–H groups in total. The van der Waals surface area contributed by atoms with Crippen molar-refractivity contribution in [3.05, 3.63) is 0 Å². The predicted octanol–water partition coefficient (Wildman–Crippen LogP) is 1.00. The molecule has 1 saturated heterocycles. The van der Waals surface area contributed by atoms with E-state index in [1.165, 1.54) is 0 Å². The van der Waals surface area contributed by atoms with Gasteiger partial charge in [-0.25, -0.2) is 0 Å². The third kappa shape index (κ3) is 3.95. The van der Waals surface area contributed by atoms with Gasteiger partial charge in [-0.05, 0) is 32.1 Å². The van der Waals surface area contributed by atoms with Gasteiger partial charge in [-0.3, -0.25) is 14.4 Å². The van der Waals surface area contributed by atoms with E-state index in [-0.39, 0.29) is 29.7 Å². The molecule has 6 nitrogen and oxygen atoms in total. The van der Waals surface area contributed by atoms with Crippen LogP contribution in [0.1, 0.15) is 45.4 Å². The molecular formula is C15H24N2O4. The van der Waals surface area contributed by atoms with E-state index < -0.39 is 5.97 Å². The Bertz CT molecular complexity index is 416. The average Bonchev–Trinajstić information content (AvgIpc) is 2.97. The second-order valence-electron chi connectivity index (χ2n) is 6.07. The monoisotopic (exact) mass is 296 g/mol. The van der Waals surface area contributed by atoms with E-state index in [1.807, 2.05) is 11.8 Å². The number of rotatable bonds is 4. The minimum atomic E-state index is -0.786. The summed E-state index contributed by atoms with van der Waals surface area (Å²) in [5, 5.41) is 12.0. The molecule has 2 rings (SSSR count). The van der Waals surface area contributed by atoms with Crippen LogP contribution in [0.3, 0.4) is 0 Å². The maximum absolute atomic E-state index is 12.4. The van der Waals surface area contributed by atoms with Crippen molar-refractivity contribution < 1.29 is 19.5 Å². The van der Waals surface area contributed by atoms with Crippen LogP contribution in [0.5, 0.6) is 0 Å². The first-order valence-electron chi connectivity index (χ1n) is 7.82. The molecule has 6 heteroatoms. The molecule has 2 amide bonds. The van der Waals surface area contributed by atoms with Crippen LogP contribution in [0.2, 0.25) is 0 Å².